The van der Waals surface area contributed by atoms with Gasteiger partial charge in [-0.05, 0) is 38.5 Å². The molecule has 1 N–H and O–H groups in total. The molecule has 1 aliphatic rings. The Balaban J connectivity index is 2.40. The van der Waals surface area contributed by atoms with E-state index in [4.69, 9.17) is 0 Å². The van der Waals surface area contributed by atoms with E-state index in [1.165, 1.54) is 18.4 Å². The van der Waals surface area contributed by atoms with Gasteiger partial charge in [0.25, 0.3) is 0 Å². The van der Waals surface area contributed by atoms with Crippen LogP contribution in [0.1, 0.15) is 39.5 Å². The number of hydrogen-bond acceptors (Lipinski definition) is 1. The molecule has 1 aliphatic carbocycles. The predicted molar refractivity (Wildman–Crippen MR) is 47.4 cm³/mol. The highest BCUT2D eigenvalue weighted by Crippen LogP contribution is 2.26. The number of aliphatic hydroxyl groups excluding tert-OH is 1. The van der Waals surface area contributed by atoms with Crippen LogP contribution in [0.4, 0.5) is 0 Å². The van der Waals surface area contributed by atoms with Crippen molar-refractivity contribution >= 4 is 0 Å². The summed E-state index contributed by atoms with van der Waals surface area (Å²) in [4.78, 5) is 0. The summed E-state index contributed by atoms with van der Waals surface area (Å²) in [5.74, 6) is 0.531. The Morgan fingerprint density at radius 1 is 1.73 bits per heavy atom. The zero-order valence-corrected chi connectivity index (χ0v) is 7.51. The van der Waals surface area contributed by atoms with Gasteiger partial charge in [-0.15, -0.1) is 0 Å². The molecular weight excluding hydrogens is 136 g/mol. The average molecular weight is 154 g/mol. The third kappa shape index (κ3) is 2.33. The number of aliphatic hydroxyl groups is 1. The van der Waals surface area contributed by atoms with Crippen LogP contribution in [-0.4, -0.2) is 11.2 Å². The molecule has 0 bridgehead atoms. The Hall–Kier alpha value is -0.300. The molecule has 0 fully saturated rings. The minimum atomic E-state index is -0.0700. The first kappa shape index (κ1) is 8.79. The average Bonchev–Trinajstić information content (AvgIpc) is 2.05. The number of rotatable bonds is 2. The van der Waals surface area contributed by atoms with Gasteiger partial charge < -0.3 is 5.11 Å². The second-order valence-electron chi connectivity index (χ2n) is 3.56. The zero-order chi connectivity index (χ0) is 8.27. The highest BCUT2D eigenvalue weighted by atomic mass is 16.3. The van der Waals surface area contributed by atoms with Crippen molar-refractivity contribution in [3.05, 3.63) is 11.6 Å². The quantitative estimate of drug-likeness (QED) is 0.606. The van der Waals surface area contributed by atoms with Crippen LogP contribution in [0.25, 0.3) is 0 Å². The van der Waals surface area contributed by atoms with E-state index in [9.17, 15) is 5.11 Å². The Morgan fingerprint density at radius 2 is 2.45 bits per heavy atom. The minimum absolute atomic E-state index is 0.0700. The fraction of sp³-hybridized carbons (Fsp3) is 0.800. The largest absolute Gasteiger partial charge is 0.393 e. The van der Waals surface area contributed by atoms with E-state index in [-0.39, 0.29) is 6.10 Å². The molecule has 0 aromatic rings. The maximum Gasteiger partial charge on any atom is 0.0568 e. The molecule has 2 atom stereocenters. The van der Waals surface area contributed by atoms with Crippen molar-refractivity contribution in [1.29, 1.82) is 0 Å². The third-order valence-electron chi connectivity index (χ3n) is 2.64. The van der Waals surface area contributed by atoms with Gasteiger partial charge in [-0.3, -0.25) is 0 Å². The smallest absolute Gasteiger partial charge is 0.0568 e. The molecular formula is C10H18O. The van der Waals surface area contributed by atoms with Crippen LogP contribution in [0.3, 0.4) is 0 Å². The third-order valence-corrected chi connectivity index (χ3v) is 2.64. The Morgan fingerprint density at radius 3 is 2.91 bits per heavy atom. The van der Waals surface area contributed by atoms with Crippen LogP contribution < -0.4 is 0 Å². The van der Waals surface area contributed by atoms with Crippen molar-refractivity contribution in [1.82, 2.24) is 0 Å². The highest BCUT2D eigenvalue weighted by molar-refractivity contribution is 5.03. The van der Waals surface area contributed by atoms with Crippen molar-refractivity contribution in [2.45, 2.75) is 45.6 Å². The zero-order valence-electron chi connectivity index (χ0n) is 7.51. The lowest BCUT2D eigenvalue weighted by Crippen LogP contribution is -2.20. The van der Waals surface area contributed by atoms with Gasteiger partial charge in [-0.1, -0.05) is 18.6 Å². The fourth-order valence-electron chi connectivity index (χ4n) is 1.67. The van der Waals surface area contributed by atoms with Crippen LogP contribution >= 0.6 is 0 Å². The van der Waals surface area contributed by atoms with E-state index in [2.05, 4.69) is 19.9 Å². The molecule has 64 valence electrons. The summed E-state index contributed by atoms with van der Waals surface area (Å²) in [6, 6.07) is 0. The van der Waals surface area contributed by atoms with E-state index in [1.54, 1.807) is 0 Å². The predicted octanol–water partition coefficient (Wildman–Crippen LogP) is 2.50. The van der Waals surface area contributed by atoms with Gasteiger partial charge in [0.15, 0.2) is 0 Å². The molecule has 0 aliphatic heterocycles. The fourth-order valence-corrected chi connectivity index (χ4v) is 1.67. The van der Waals surface area contributed by atoms with Gasteiger partial charge in [0.05, 0.1) is 6.10 Å². The van der Waals surface area contributed by atoms with Crippen molar-refractivity contribution < 1.29 is 5.11 Å². The second-order valence-corrected chi connectivity index (χ2v) is 3.56. The Bertz CT molecular complexity index is 149. The summed E-state index contributed by atoms with van der Waals surface area (Å²) < 4.78 is 0. The van der Waals surface area contributed by atoms with E-state index < -0.39 is 0 Å². The number of allylic oxidation sites excluding steroid dienone is 2. The summed E-state index contributed by atoms with van der Waals surface area (Å²) >= 11 is 0. The van der Waals surface area contributed by atoms with E-state index in [0.29, 0.717) is 5.92 Å². The van der Waals surface area contributed by atoms with Crippen molar-refractivity contribution in [3.8, 4) is 0 Å². The van der Waals surface area contributed by atoms with Gasteiger partial charge in [0.2, 0.25) is 0 Å². The van der Waals surface area contributed by atoms with Crippen molar-refractivity contribution in [2.24, 2.45) is 5.92 Å². The number of hydrogen-bond donors (Lipinski definition) is 1. The van der Waals surface area contributed by atoms with E-state index in [1.807, 2.05) is 0 Å². The monoisotopic (exact) mass is 154 g/mol. The van der Waals surface area contributed by atoms with Gasteiger partial charge in [-0.25, -0.2) is 0 Å². The summed E-state index contributed by atoms with van der Waals surface area (Å²) in [5.41, 5.74) is 1.49. The lowest BCUT2D eigenvalue weighted by atomic mass is 9.85. The molecule has 11 heavy (non-hydrogen) atoms. The van der Waals surface area contributed by atoms with Crippen molar-refractivity contribution in [2.75, 3.05) is 0 Å². The maximum absolute atomic E-state index is 9.54. The minimum Gasteiger partial charge on any atom is -0.393 e. The van der Waals surface area contributed by atoms with Crippen molar-refractivity contribution in [3.63, 3.8) is 0 Å². The van der Waals surface area contributed by atoms with Gasteiger partial charge >= 0.3 is 0 Å². The molecule has 1 nitrogen and oxygen atoms in total. The first-order valence-corrected chi connectivity index (χ1v) is 4.57. The molecule has 1 rings (SSSR count). The lowest BCUT2D eigenvalue weighted by Gasteiger charge is -2.24. The van der Waals surface area contributed by atoms with Crippen LogP contribution in [0, 0.1) is 5.92 Å². The first-order valence-electron chi connectivity index (χ1n) is 4.57. The standard InChI is InChI=1S/C10H18O/c1-3-10(11)9-6-4-8(2)5-7-9/h4,9-11H,3,5-7H2,1-2H3. The summed E-state index contributed by atoms with van der Waals surface area (Å²) in [5, 5.41) is 9.54. The molecule has 0 heterocycles. The molecule has 0 saturated heterocycles. The summed E-state index contributed by atoms with van der Waals surface area (Å²) in [6.07, 6.45) is 6.55. The highest BCUT2D eigenvalue weighted by Gasteiger charge is 2.18. The van der Waals surface area contributed by atoms with Gasteiger partial charge in [0.1, 0.15) is 0 Å². The lowest BCUT2D eigenvalue weighted by molar-refractivity contribution is 0.0974. The van der Waals surface area contributed by atoms with E-state index in [0.717, 1.165) is 12.8 Å². The van der Waals surface area contributed by atoms with Gasteiger partial charge in [0, 0.05) is 0 Å². The Kier molecular flexibility index (Phi) is 3.13. The molecule has 0 saturated carbocycles. The summed E-state index contributed by atoms with van der Waals surface area (Å²) in [7, 11) is 0. The maximum atomic E-state index is 9.54. The topological polar surface area (TPSA) is 20.2 Å². The van der Waals surface area contributed by atoms with Crippen LogP contribution in [-0.2, 0) is 0 Å². The summed E-state index contributed by atoms with van der Waals surface area (Å²) in [6.45, 7) is 4.23. The van der Waals surface area contributed by atoms with Gasteiger partial charge in [-0.2, -0.15) is 0 Å². The molecule has 0 aromatic carbocycles. The molecule has 0 aromatic heterocycles. The molecule has 2 unspecified atom stereocenters. The normalized spacial score (nSPS) is 27.9. The molecule has 0 amide bonds. The molecule has 0 radical (unpaired) electrons. The SMILES string of the molecule is CCC(O)C1CC=C(C)CC1. The Labute approximate surface area is 69.1 Å². The van der Waals surface area contributed by atoms with Crippen LogP contribution in [0.2, 0.25) is 0 Å². The van der Waals surface area contributed by atoms with Crippen LogP contribution in [0.15, 0.2) is 11.6 Å². The molecule has 1 heteroatoms. The van der Waals surface area contributed by atoms with E-state index >= 15 is 0 Å². The molecule has 0 spiro atoms. The van der Waals surface area contributed by atoms with Crippen LogP contribution in [0.5, 0.6) is 0 Å². The first-order chi connectivity index (χ1) is 5.24. The second kappa shape index (κ2) is 3.91.